The average Bonchev–Trinajstić information content (AvgIpc) is 3.03. The van der Waals surface area contributed by atoms with Crippen molar-refractivity contribution in [1.29, 1.82) is 5.26 Å². The predicted molar refractivity (Wildman–Crippen MR) is 80.8 cm³/mol. The minimum atomic E-state index is -0.959. The maximum Gasteiger partial charge on any atom is 0.305 e. The van der Waals surface area contributed by atoms with Gasteiger partial charge in [0.15, 0.2) is 0 Å². The van der Waals surface area contributed by atoms with E-state index >= 15 is 0 Å². The second-order valence-electron chi connectivity index (χ2n) is 5.47. The first-order valence-corrected chi connectivity index (χ1v) is 7.51. The highest BCUT2D eigenvalue weighted by Gasteiger charge is 2.24. The molecule has 1 saturated heterocycles. The monoisotopic (exact) mass is 317 g/mol. The molecule has 1 aliphatic rings. The Morgan fingerprint density at radius 3 is 2.87 bits per heavy atom. The lowest BCUT2D eigenvalue weighted by molar-refractivity contribution is -0.137. The highest BCUT2D eigenvalue weighted by Crippen LogP contribution is 2.15. The zero-order chi connectivity index (χ0) is 16.8. The molecule has 0 aliphatic carbocycles. The number of hydrogen-bond acceptors (Lipinski definition) is 5. The molecule has 1 aromatic heterocycles. The fourth-order valence-corrected chi connectivity index (χ4v) is 2.50. The molecular weight excluding hydrogens is 298 g/mol. The quantitative estimate of drug-likeness (QED) is 0.849. The van der Waals surface area contributed by atoms with Crippen LogP contribution >= 0.6 is 0 Å². The molecule has 1 N–H and O–H groups in total. The Labute approximate surface area is 134 Å². The topological polar surface area (TPSA) is 104 Å². The highest BCUT2D eigenvalue weighted by molar-refractivity contribution is 5.92. The first-order chi connectivity index (χ1) is 11.0. The number of carbonyl (C=O) groups excluding carboxylic acids is 1. The van der Waals surface area contributed by atoms with Gasteiger partial charge in [-0.05, 0) is 31.9 Å². The number of aliphatic carboxylic acids is 1. The third kappa shape index (κ3) is 4.50. The summed E-state index contributed by atoms with van der Waals surface area (Å²) >= 11 is 0. The molecule has 7 heteroatoms. The minimum absolute atomic E-state index is 0.0628. The van der Waals surface area contributed by atoms with Crippen molar-refractivity contribution in [3.63, 3.8) is 0 Å². The molecular formula is C16H19N3O4. The van der Waals surface area contributed by atoms with Crippen LogP contribution in [0.15, 0.2) is 12.1 Å². The molecule has 1 fully saturated rings. The summed E-state index contributed by atoms with van der Waals surface area (Å²) in [4.78, 5) is 29.1. The fraction of sp³-hybridized carbons (Fsp3) is 0.500. The van der Waals surface area contributed by atoms with Crippen molar-refractivity contribution in [3.05, 3.63) is 29.1 Å². The molecule has 122 valence electrons. The maximum absolute atomic E-state index is 12.6. The van der Waals surface area contributed by atoms with Gasteiger partial charge in [0.05, 0.1) is 23.8 Å². The Morgan fingerprint density at radius 1 is 1.52 bits per heavy atom. The first kappa shape index (κ1) is 16.9. The zero-order valence-corrected chi connectivity index (χ0v) is 13.0. The van der Waals surface area contributed by atoms with Crippen LogP contribution in [0.5, 0.6) is 0 Å². The summed E-state index contributed by atoms with van der Waals surface area (Å²) in [7, 11) is 0. The third-order valence-corrected chi connectivity index (χ3v) is 3.76. The Balaban J connectivity index is 2.15. The first-order valence-electron chi connectivity index (χ1n) is 7.51. The van der Waals surface area contributed by atoms with Gasteiger partial charge < -0.3 is 14.7 Å². The van der Waals surface area contributed by atoms with Gasteiger partial charge in [-0.1, -0.05) is 0 Å². The van der Waals surface area contributed by atoms with Gasteiger partial charge in [0.2, 0.25) is 0 Å². The van der Waals surface area contributed by atoms with Crippen molar-refractivity contribution < 1.29 is 19.4 Å². The van der Waals surface area contributed by atoms with Gasteiger partial charge in [-0.2, -0.15) is 5.26 Å². The number of aromatic nitrogens is 1. The van der Waals surface area contributed by atoms with Crippen LogP contribution in [0.2, 0.25) is 0 Å². The summed E-state index contributed by atoms with van der Waals surface area (Å²) in [5, 5.41) is 17.8. The summed E-state index contributed by atoms with van der Waals surface area (Å²) in [5.41, 5.74) is 1.11. The van der Waals surface area contributed by atoms with Crippen molar-refractivity contribution in [3.8, 4) is 6.07 Å². The molecule has 0 bridgehead atoms. The largest absolute Gasteiger partial charge is 0.481 e. The van der Waals surface area contributed by atoms with Gasteiger partial charge in [-0.25, -0.2) is 4.98 Å². The van der Waals surface area contributed by atoms with Gasteiger partial charge in [-0.15, -0.1) is 0 Å². The van der Waals surface area contributed by atoms with E-state index in [1.54, 1.807) is 13.0 Å². The lowest BCUT2D eigenvalue weighted by Crippen LogP contribution is -2.39. The van der Waals surface area contributed by atoms with Crippen LogP contribution in [-0.4, -0.2) is 52.7 Å². The molecule has 7 nitrogen and oxygen atoms in total. The molecule has 2 rings (SSSR count). The van der Waals surface area contributed by atoms with Gasteiger partial charge in [0.1, 0.15) is 11.8 Å². The van der Waals surface area contributed by atoms with E-state index in [4.69, 9.17) is 15.1 Å². The lowest BCUT2D eigenvalue weighted by Gasteiger charge is -2.24. The number of nitriles is 1. The van der Waals surface area contributed by atoms with E-state index in [1.807, 2.05) is 6.07 Å². The van der Waals surface area contributed by atoms with E-state index in [0.29, 0.717) is 24.4 Å². The van der Waals surface area contributed by atoms with Gasteiger partial charge in [0.25, 0.3) is 5.91 Å². The maximum atomic E-state index is 12.6. The molecule has 1 aliphatic heterocycles. The normalized spacial score (nSPS) is 16.8. The van der Waals surface area contributed by atoms with Crippen LogP contribution in [0.1, 0.15) is 41.0 Å². The van der Waals surface area contributed by atoms with Crippen LogP contribution in [0.3, 0.4) is 0 Å². The summed E-state index contributed by atoms with van der Waals surface area (Å²) in [6.07, 6.45) is 1.61. The minimum Gasteiger partial charge on any atom is -0.481 e. The van der Waals surface area contributed by atoms with E-state index in [1.165, 1.54) is 11.0 Å². The Bertz CT molecular complexity index is 633. The lowest BCUT2D eigenvalue weighted by atomic mass is 10.1. The molecule has 0 unspecified atom stereocenters. The number of amides is 1. The molecule has 0 aromatic carbocycles. The SMILES string of the molecule is Cc1nc(C(=O)N(CCC(=O)O)C[C@H]2CCCO2)ccc1C#N. The van der Waals surface area contributed by atoms with Crippen molar-refractivity contribution in [2.24, 2.45) is 0 Å². The van der Waals surface area contributed by atoms with Gasteiger partial charge in [-0.3, -0.25) is 9.59 Å². The molecule has 1 aromatic rings. The number of hydrogen-bond donors (Lipinski definition) is 1. The van der Waals surface area contributed by atoms with Crippen LogP contribution < -0.4 is 0 Å². The number of carboxylic acid groups (broad SMARTS) is 1. The number of ether oxygens (including phenoxy) is 1. The van der Waals surface area contributed by atoms with Crippen LogP contribution in [0, 0.1) is 18.3 Å². The van der Waals surface area contributed by atoms with Crippen LogP contribution in [-0.2, 0) is 9.53 Å². The number of rotatable bonds is 6. The van der Waals surface area contributed by atoms with Crippen LogP contribution in [0.25, 0.3) is 0 Å². The van der Waals surface area contributed by atoms with E-state index < -0.39 is 5.97 Å². The summed E-state index contributed by atoms with van der Waals surface area (Å²) in [6.45, 7) is 2.79. The summed E-state index contributed by atoms with van der Waals surface area (Å²) in [6, 6.07) is 5.05. The highest BCUT2D eigenvalue weighted by atomic mass is 16.5. The third-order valence-electron chi connectivity index (χ3n) is 3.76. The van der Waals surface area contributed by atoms with Crippen molar-refractivity contribution in [2.75, 3.05) is 19.7 Å². The number of carboxylic acids is 1. The number of carbonyl (C=O) groups is 2. The molecule has 23 heavy (non-hydrogen) atoms. The standard InChI is InChI=1S/C16H19N3O4/c1-11-12(9-17)4-5-14(18-11)16(22)19(7-6-15(20)21)10-13-3-2-8-23-13/h4-5,13H,2-3,6-8,10H2,1H3,(H,20,21)/t13-/m1/s1. The van der Waals surface area contributed by atoms with Crippen LogP contribution in [0.4, 0.5) is 0 Å². The zero-order valence-electron chi connectivity index (χ0n) is 13.0. The van der Waals surface area contributed by atoms with Crippen molar-refractivity contribution >= 4 is 11.9 Å². The molecule has 0 radical (unpaired) electrons. The van der Waals surface area contributed by atoms with E-state index in [2.05, 4.69) is 4.98 Å². The van der Waals surface area contributed by atoms with Gasteiger partial charge >= 0.3 is 5.97 Å². The molecule has 2 heterocycles. The average molecular weight is 317 g/mol. The molecule has 1 amide bonds. The summed E-state index contributed by atoms with van der Waals surface area (Å²) in [5.74, 6) is -1.30. The number of pyridine rings is 1. The summed E-state index contributed by atoms with van der Waals surface area (Å²) < 4.78 is 5.53. The Kier molecular flexibility index (Phi) is 5.66. The van der Waals surface area contributed by atoms with Crippen molar-refractivity contribution in [1.82, 2.24) is 9.88 Å². The Morgan fingerprint density at radius 2 is 2.30 bits per heavy atom. The van der Waals surface area contributed by atoms with Crippen molar-refractivity contribution in [2.45, 2.75) is 32.3 Å². The van der Waals surface area contributed by atoms with E-state index in [0.717, 1.165) is 12.8 Å². The van der Waals surface area contributed by atoms with E-state index in [-0.39, 0.29) is 30.7 Å². The predicted octanol–water partition coefficient (Wildman–Crippen LogP) is 1.36. The number of nitrogens with zero attached hydrogens (tertiary/aromatic N) is 3. The second-order valence-corrected chi connectivity index (χ2v) is 5.47. The fourth-order valence-electron chi connectivity index (χ4n) is 2.50. The molecule has 1 atom stereocenters. The smallest absolute Gasteiger partial charge is 0.305 e. The molecule has 0 spiro atoms. The number of aryl methyl sites for hydroxylation is 1. The Hall–Kier alpha value is -2.46. The second kappa shape index (κ2) is 7.70. The van der Waals surface area contributed by atoms with Gasteiger partial charge in [0, 0.05) is 19.7 Å². The molecule has 0 saturated carbocycles. The van der Waals surface area contributed by atoms with E-state index in [9.17, 15) is 9.59 Å².